The molecule has 0 bridgehead atoms. The van der Waals surface area contributed by atoms with E-state index < -0.39 is 0 Å². The van der Waals surface area contributed by atoms with Crippen molar-refractivity contribution in [1.82, 2.24) is 10.1 Å². The molecule has 6 nitrogen and oxygen atoms in total. The summed E-state index contributed by atoms with van der Waals surface area (Å²) >= 11 is 0. The Bertz CT molecular complexity index is 415. The lowest BCUT2D eigenvalue weighted by Crippen LogP contribution is -2.07. The summed E-state index contributed by atoms with van der Waals surface area (Å²) in [6.45, 7) is 0.245. The van der Waals surface area contributed by atoms with Crippen LogP contribution in [0.4, 0.5) is 6.01 Å². The van der Waals surface area contributed by atoms with Crippen LogP contribution in [0.25, 0.3) is 0 Å². The first-order valence-electron chi connectivity index (χ1n) is 4.35. The van der Waals surface area contributed by atoms with E-state index in [1.807, 2.05) is 30.3 Å². The zero-order chi connectivity index (χ0) is 10.5. The molecule has 0 saturated carbocycles. The Morgan fingerprint density at radius 3 is 2.80 bits per heavy atom. The van der Waals surface area contributed by atoms with Crippen molar-refractivity contribution in [2.45, 2.75) is 6.61 Å². The molecule has 0 fully saturated rings. The minimum Gasteiger partial charge on any atom is -0.485 e. The van der Waals surface area contributed by atoms with Gasteiger partial charge in [0.1, 0.15) is 5.75 Å². The third kappa shape index (κ3) is 2.44. The van der Waals surface area contributed by atoms with E-state index in [-0.39, 0.29) is 12.6 Å². The van der Waals surface area contributed by atoms with E-state index in [4.69, 9.17) is 15.1 Å². The van der Waals surface area contributed by atoms with Crippen LogP contribution in [0.3, 0.4) is 0 Å². The molecule has 2 aromatic rings. The number of ether oxygens (including phenoxy) is 1. The summed E-state index contributed by atoms with van der Waals surface area (Å²) in [7, 11) is 0. The standard InChI is InChI=1S/C9H10N4O2/c10-12-9-11-8(13-15-9)6-14-7-4-2-1-3-5-7/h1-5H,6,10H2,(H,11,12,13). The average molecular weight is 206 g/mol. The molecule has 0 aliphatic rings. The summed E-state index contributed by atoms with van der Waals surface area (Å²) in [5.74, 6) is 6.27. The number of hydrogen-bond acceptors (Lipinski definition) is 6. The van der Waals surface area contributed by atoms with E-state index in [1.165, 1.54) is 0 Å². The van der Waals surface area contributed by atoms with Gasteiger partial charge >= 0.3 is 6.01 Å². The SMILES string of the molecule is NNc1nc(COc2ccccc2)no1. The zero-order valence-electron chi connectivity index (χ0n) is 7.88. The van der Waals surface area contributed by atoms with E-state index >= 15 is 0 Å². The quantitative estimate of drug-likeness (QED) is 0.571. The van der Waals surface area contributed by atoms with Gasteiger partial charge < -0.3 is 9.26 Å². The van der Waals surface area contributed by atoms with Gasteiger partial charge in [0.05, 0.1) is 0 Å². The predicted molar refractivity (Wildman–Crippen MR) is 52.9 cm³/mol. The van der Waals surface area contributed by atoms with Crippen molar-refractivity contribution in [3.63, 3.8) is 0 Å². The summed E-state index contributed by atoms with van der Waals surface area (Å²) < 4.78 is 10.1. The lowest BCUT2D eigenvalue weighted by Gasteiger charge is -2.01. The fourth-order valence-electron chi connectivity index (χ4n) is 1.04. The second kappa shape index (κ2) is 4.43. The smallest absolute Gasteiger partial charge is 0.335 e. The number of hydrazine groups is 1. The topological polar surface area (TPSA) is 86.2 Å². The third-order valence-corrected chi connectivity index (χ3v) is 1.70. The van der Waals surface area contributed by atoms with E-state index in [0.29, 0.717) is 5.82 Å². The molecule has 2 rings (SSSR count). The number of rotatable bonds is 4. The Morgan fingerprint density at radius 2 is 2.13 bits per heavy atom. The summed E-state index contributed by atoms with van der Waals surface area (Å²) in [5.41, 5.74) is 2.25. The average Bonchev–Trinajstić information content (AvgIpc) is 2.76. The molecule has 0 unspecified atom stereocenters. The highest BCUT2D eigenvalue weighted by Crippen LogP contribution is 2.10. The first kappa shape index (κ1) is 9.47. The number of anilines is 1. The van der Waals surface area contributed by atoms with E-state index in [2.05, 4.69) is 15.6 Å². The Hall–Kier alpha value is -2.08. The minimum absolute atomic E-state index is 0.168. The molecule has 0 aliphatic carbocycles. The molecule has 0 aliphatic heterocycles. The Kier molecular flexibility index (Phi) is 2.80. The summed E-state index contributed by atoms with van der Waals surface area (Å²) in [4.78, 5) is 3.90. The van der Waals surface area contributed by atoms with Gasteiger partial charge in [0.25, 0.3) is 0 Å². The van der Waals surface area contributed by atoms with E-state index in [1.54, 1.807) is 0 Å². The van der Waals surface area contributed by atoms with E-state index in [0.717, 1.165) is 5.75 Å². The van der Waals surface area contributed by atoms with Crippen molar-refractivity contribution in [3.05, 3.63) is 36.2 Å². The number of nitrogen functional groups attached to an aromatic ring is 1. The molecule has 0 amide bonds. The second-order valence-electron chi connectivity index (χ2n) is 2.76. The number of para-hydroxylation sites is 1. The Labute approximate surface area is 86.0 Å². The predicted octanol–water partition coefficient (Wildman–Crippen LogP) is 0.934. The van der Waals surface area contributed by atoms with Crippen molar-refractivity contribution in [2.24, 2.45) is 5.84 Å². The van der Waals surface area contributed by atoms with Crippen molar-refractivity contribution in [1.29, 1.82) is 0 Å². The molecule has 0 spiro atoms. The van der Waals surface area contributed by atoms with Gasteiger partial charge in [-0.1, -0.05) is 23.4 Å². The van der Waals surface area contributed by atoms with Crippen LogP contribution in [0.15, 0.2) is 34.9 Å². The highest BCUT2D eigenvalue weighted by molar-refractivity contribution is 5.21. The lowest BCUT2D eigenvalue weighted by molar-refractivity contribution is 0.287. The van der Waals surface area contributed by atoms with Gasteiger partial charge in [-0.3, -0.25) is 5.43 Å². The first-order valence-corrected chi connectivity index (χ1v) is 4.35. The number of nitrogens with zero attached hydrogens (tertiary/aromatic N) is 2. The van der Waals surface area contributed by atoms with Gasteiger partial charge in [0, 0.05) is 0 Å². The Balaban J connectivity index is 1.93. The highest BCUT2D eigenvalue weighted by Gasteiger charge is 2.04. The zero-order valence-corrected chi connectivity index (χ0v) is 7.88. The first-order chi connectivity index (χ1) is 7.38. The number of benzene rings is 1. The molecule has 78 valence electrons. The minimum atomic E-state index is 0.168. The van der Waals surface area contributed by atoms with Crippen LogP contribution in [-0.4, -0.2) is 10.1 Å². The molecule has 0 radical (unpaired) electrons. The number of nitrogens with two attached hydrogens (primary N) is 1. The van der Waals surface area contributed by atoms with Crippen molar-refractivity contribution >= 4 is 6.01 Å². The van der Waals surface area contributed by atoms with Crippen molar-refractivity contribution in [2.75, 3.05) is 5.43 Å². The van der Waals surface area contributed by atoms with Gasteiger partial charge in [0.2, 0.25) is 5.82 Å². The Morgan fingerprint density at radius 1 is 1.33 bits per heavy atom. The molecule has 6 heteroatoms. The van der Waals surface area contributed by atoms with Gasteiger partial charge in [-0.2, -0.15) is 4.98 Å². The maximum atomic E-state index is 5.40. The molecule has 1 heterocycles. The molecule has 1 aromatic carbocycles. The maximum Gasteiger partial charge on any atom is 0.335 e. The van der Waals surface area contributed by atoms with Gasteiger partial charge in [-0.25, -0.2) is 5.84 Å². The fraction of sp³-hybridized carbons (Fsp3) is 0.111. The molecular formula is C9H10N4O2. The molecule has 0 atom stereocenters. The van der Waals surface area contributed by atoms with Crippen LogP contribution in [0.1, 0.15) is 5.82 Å². The number of hydrogen-bond donors (Lipinski definition) is 2. The fourth-order valence-corrected chi connectivity index (χ4v) is 1.04. The molecule has 0 saturated heterocycles. The van der Waals surface area contributed by atoms with Gasteiger partial charge in [-0.05, 0) is 12.1 Å². The normalized spacial score (nSPS) is 9.93. The van der Waals surface area contributed by atoms with Crippen LogP contribution in [0, 0.1) is 0 Å². The summed E-state index contributed by atoms with van der Waals surface area (Å²) in [6.07, 6.45) is 0. The van der Waals surface area contributed by atoms with Crippen LogP contribution < -0.4 is 16.0 Å². The molecule has 1 aromatic heterocycles. The van der Waals surface area contributed by atoms with Crippen LogP contribution in [0.2, 0.25) is 0 Å². The van der Waals surface area contributed by atoms with E-state index in [9.17, 15) is 0 Å². The van der Waals surface area contributed by atoms with Crippen molar-refractivity contribution < 1.29 is 9.26 Å². The molecule has 15 heavy (non-hydrogen) atoms. The van der Waals surface area contributed by atoms with Crippen molar-refractivity contribution in [3.8, 4) is 5.75 Å². The monoisotopic (exact) mass is 206 g/mol. The van der Waals surface area contributed by atoms with Crippen LogP contribution >= 0.6 is 0 Å². The third-order valence-electron chi connectivity index (χ3n) is 1.70. The largest absolute Gasteiger partial charge is 0.485 e. The van der Waals surface area contributed by atoms with Gasteiger partial charge in [0.15, 0.2) is 6.61 Å². The van der Waals surface area contributed by atoms with Gasteiger partial charge in [-0.15, -0.1) is 0 Å². The highest BCUT2D eigenvalue weighted by atomic mass is 16.5. The summed E-state index contributed by atoms with van der Waals surface area (Å²) in [5, 5.41) is 3.65. The number of nitrogens with one attached hydrogen (secondary N) is 1. The van der Waals surface area contributed by atoms with Crippen LogP contribution in [0.5, 0.6) is 5.75 Å². The molecular weight excluding hydrogens is 196 g/mol. The second-order valence-corrected chi connectivity index (χ2v) is 2.76. The molecule has 3 N–H and O–H groups in total. The number of aromatic nitrogens is 2. The summed E-state index contributed by atoms with van der Waals surface area (Å²) in [6, 6.07) is 9.56. The van der Waals surface area contributed by atoms with Crippen LogP contribution in [-0.2, 0) is 6.61 Å². The lowest BCUT2D eigenvalue weighted by atomic mass is 10.3. The maximum absolute atomic E-state index is 5.40.